The molecule has 3 rings (SSSR count). The number of nitrogens with one attached hydrogen (secondary N) is 1. The molecule has 0 aliphatic carbocycles. The SMILES string of the molecule is CCOc1ccc(NC(=O)c2oc3ccc(Br)cc3c2C)c([N+](=O)[O-])c1. The second kappa shape index (κ2) is 7.17. The van der Waals surface area contributed by atoms with Crippen LogP contribution in [0.5, 0.6) is 5.75 Å². The van der Waals surface area contributed by atoms with Crippen molar-refractivity contribution in [1.29, 1.82) is 0 Å². The summed E-state index contributed by atoms with van der Waals surface area (Å²) in [6, 6.07) is 9.70. The van der Waals surface area contributed by atoms with Crippen LogP contribution in [-0.2, 0) is 0 Å². The van der Waals surface area contributed by atoms with Crippen molar-refractivity contribution in [2.24, 2.45) is 0 Å². The van der Waals surface area contributed by atoms with Gasteiger partial charge in [-0.05, 0) is 44.2 Å². The second-order valence-corrected chi connectivity index (χ2v) is 6.44. The van der Waals surface area contributed by atoms with E-state index < -0.39 is 10.8 Å². The van der Waals surface area contributed by atoms with Gasteiger partial charge in [-0.3, -0.25) is 14.9 Å². The van der Waals surface area contributed by atoms with Crippen molar-refractivity contribution < 1.29 is 18.9 Å². The van der Waals surface area contributed by atoms with E-state index >= 15 is 0 Å². The summed E-state index contributed by atoms with van der Waals surface area (Å²) in [5.74, 6) is -0.0784. The fourth-order valence-electron chi connectivity index (χ4n) is 2.61. The van der Waals surface area contributed by atoms with Crippen molar-refractivity contribution in [3.05, 3.63) is 62.3 Å². The molecule has 0 spiro atoms. The largest absolute Gasteiger partial charge is 0.494 e. The quantitative estimate of drug-likeness (QED) is 0.461. The van der Waals surface area contributed by atoms with Gasteiger partial charge in [0.05, 0.1) is 17.6 Å². The van der Waals surface area contributed by atoms with Gasteiger partial charge < -0.3 is 14.5 Å². The lowest BCUT2D eigenvalue weighted by Gasteiger charge is -2.07. The van der Waals surface area contributed by atoms with Crippen LogP contribution in [0.2, 0.25) is 0 Å². The summed E-state index contributed by atoms with van der Waals surface area (Å²) in [5, 5.41) is 14.7. The molecule has 134 valence electrons. The van der Waals surface area contributed by atoms with E-state index in [1.807, 2.05) is 12.1 Å². The van der Waals surface area contributed by atoms with E-state index in [1.165, 1.54) is 12.1 Å². The number of hydrogen-bond acceptors (Lipinski definition) is 5. The van der Waals surface area contributed by atoms with E-state index in [2.05, 4.69) is 21.2 Å². The zero-order chi connectivity index (χ0) is 18.8. The molecule has 0 saturated carbocycles. The molecule has 0 fully saturated rings. The minimum Gasteiger partial charge on any atom is -0.494 e. The highest BCUT2D eigenvalue weighted by molar-refractivity contribution is 9.10. The van der Waals surface area contributed by atoms with Crippen molar-refractivity contribution in [2.75, 3.05) is 11.9 Å². The van der Waals surface area contributed by atoms with E-state index in [0.29, 0.717) is 23.5 Å². The highest BCUT2D eigenvalue weighted by atomic mass is 79.9. The minimum atomic E-state index is -0.569. The summed E-state index contributed by atoms with van der Waals surface area (Å²) in [5.41, 5.74) is 1.05. The monoisotopic (exact) mass is 418 g/mol. The Bertz CT molecular complexity index is 1010. The molecule has 0 unspecified atom stereocenters. The number of aryl methyl sites for hydroxylation is 1. The van der Waals surface area contributed by atoms with E-state index in [4.69, 9.17) is 9.15 Å². The Morgan fingerprint density at radius 1 is 1.31 bits per heavy atom. The number of nitrogens with zero attached hydrogens (tertiary/aromatic N) is 1. The van der Waals surface area contributed by atoms with Crippen molar-refractivity contribution in [3.8, 4) is 5.75 Å². The lowest BCUT2D eigenvalue weighted by atomic mass is 10.1. The number of amides is 1. The number of anilines is 1. The molecule has 2 aromatic carbocycles. The zero-order valence-electron chi connectivity index (χ0n) is 14.0. The Kier molecular flexibility index (Phi) is 4.94. The van der Waals surface area contributed by atoms with Crippen molar-refractivity contribution in [2.45, 2.75) is 13.8 Å². The van der Waals surface area contributed by atoms with Crippen molar-refractivity contribution >= 4 is 44.2 Å². The van der Waals surface area contributed by atoms with Crippen LogP contribution in [0, 0.1) is 17.0 Å². The normalized spacial score (nSPS) is 10.7. The topological polar surface area (TPSA) is 94.6 Å². The van der Waals surface area contributed by atoms with Crippen LogP contribution in [0.4, 0.5) is 11.4 Å². The Balaban J connectivity index is 1.95. The Labute approximate surface area is 157 Å². The molecule has 1 aromatic heterocycles. The van der Waals surface area contributed by atoms with E-state index in [0.717, 1.165) is 9.86 Å². The van der Waals surface area contributed by atoms with E-state index in [9.17, 15) is 14.9 Å². The number of benzene rings is 2. The lowest BCUT2D eigenvalue weighted by molar-refractivity contribution is -0.384. The number of carbonyl (C=O) groups is 1. The number of nitro benzene ring substituents is 1. The maximum Gasteiger partial charge on any atom is 0.296 e. The molecule has 1 N–H and O–H groups in total. The maximum absolute atomic E-state index is 12.6. The summed E-state index contributed by atoms with van der Waals surface area (Å²) in [7, 11) is 0. The molecule has 0 aliphatic heterocycles. The van der Waals surface area contributed by atoms with E-state index in [-0.39, 0.29) is 17.1 Å². The molecule has 0 aliphatic rings. The molecule has 1 heterocycles. The molecule has 0 atom stereocenters. The summed E-state index contributed by atoms with van der Waals surface area (Å²) in [6.45, 7) is 3.93. The van der Waals surface area contributed by atoms with Gasteiger partial charge in [0, 0.05) is 15.4 Å². The second-order valence-electron chi connectivity index (χ2n) is 5.52. The predicted molar refractivity (Wildman–Crippen MR) is 101 cm³/mol. The molecule has 3 aromatic rings. The third kappa shape index (κ3) is 3.41. The fourth-order valence-corrected chi connectivity index (χ4v) is 2.97. The molecule has 26 heavy (non-hydrogen) atoms. The van der Waals surface area contributed by atoms with Gasteiger partial charge in [0.2, 0.25) is 0 Å². The summed E-state index contributed by atoms with van der Waals surface area (Å²) >= 11 is 3.38. The lowest BCUT2D eigenvalue weighted by Crippen LogP contribution is -2.13. The van der Waals surface area contributed by atoms with Gasteiger partial charge in [-0.15, -0.1) is 0 Å². The van der Waals surface area contributed by atoms with Crippen molar-refractivity contribution in [3.63, 3.8) is 0 Å². The average molecular weight is 419 g/mol. The zero-order valence-corrected chi connectivity index (χ0v) is 15.6. The van der Waals surface area contributed by atoms with Gasteiger partial charge in [0.25, 0.3) is 11.6 Å². The number of halogens is 1. The van der Waals surface area contributed by atoms with Crippen LogP contribution in [0.15, 0.2) is 45.3 Å². The highest BCUT2D eigenvalue weighted by Crippen LogP contribution is 2.32. The summed E-state index contributed by atoms with van der Waals surface area (Å²) in [4.78, 5) is 23.3. The van der Waals surface area contributed by atoms with Crippen LogP contribution < -0.4 is 10.1 Å². The van der Waals surface area contributed by atoms with Gasteiger partial charge in [-0.2, -0.15) is 0 Å². The van der Waals surface area contributed by atoms with Crippen LogP contribution in [0.25, 0.3) is 11.0 Å². The number of nitro groups is 1. The third-order valence-electron chi connectivity index (χ3n) is 3.83. The number of carbonyl (C=O) groups excluding carboxylic acids is 1. The van der Waals surface area contributed by atoms with Crippen LogP contribution >= 0.6 is 15.9 Å². The Morgan fingerprint density at radius 2 is 2.08 bits per heavy atom. The molecular weight excluding hydrogens is 404 g/mol. The van der Waals surface area contributed by atoms with Gasteiger partial charge >= 0.3 is 0 Å². The van der Waals surface area contributed by atoms with Gasteiger partial charge in [-0.1, -0.05) is 15.9 Å². The first-order valence-corrected chi connectivity index (χ1v) is 8.61. The van der Waals surface area contributed by atoms with Crippen molar-refractivity contribution in [1.82, 2.24) is 0 Å². The Morgan fingerprint density at radius 3 is 2.77 bits per heavy atom. The van der Waals surface area contributed by atoms with Crippen LogP contribution in [-0.4, -0.2) is 17.4 Å². The molecule has 8 heteroatoms. The van der Waals surface area contributed by atoms with Gasteiger partial charge in [0.1, 0.15) is 17.0 Å². The first-order valence-electron chi connectivity index (χ1n) is 7.82. The summed E-state index contributed by atoms with van der Waals surface area (Å²) in [6.07, 6.45) is 0. The molecule has 0 bridgehead atoms. The first-order chi connectivity index (χ1) is 12.4. The van der Waals surface area contributed by atoms with E-state index in [1.54, 1.807) is 26.0 Å². The number of rotatable bonds is 5. The standard InChI is InChI=1S/C18H15BrN2O5/c1-3-25-12-5-6-14(15(9-12)21(23)24)20-18(22)17-10(2)13-8-11(19)4-7-16(13)26-17/h4-9H,3H2,1-2H3,(H,20,22). The molecule has 1 amide bonds. The Hall–Kier alpha value is -2.87. The maximum atomic E-state index is 12.6. The fraction of sp³-hybridized carbons (Fsp3) is 0.167. The molecular formula is C18H15BrN2O5. The third-order valence-corrected chi connectivity index (χ3v) is 4.32. The number of ether oxygens (including phenoxy) is 1. The van der Waals surface area contributed by atoms with Crippen LogP contribution in [0.3, 0.4) is 0 Å². The molecule has 7 nitrogen and oxygen atoms in total. The van der Waals surface area contributed by atoms with Gasteiger partial charge in [0.15, 0.2) is 5.76 Å². The minimum absolute atomic E-state index is 0.0736. The highest BCUT2D eigenvalue weighted by Gasteiger charge is 2.22. The van der Waals surface area contributed by atoms with Gasteiger partial charge in [-0.25, -0.2) is 0 Å². The molecule has 0 saturated heterocycles. The average Bonchev–Trinajstić information content (AvgIpc) is 2.93. The first kappa shape index (κ1) is 17.9. The predicted octanol–water partition coefficient (Wildman–Crippen LogP) is 5.06. The van der Waals surface area contributed by atoms with Crippen LogP contribution in [0.1, 0.15) is 23.0 Å². The smallest absolute Gasteiger partial charge is 0.296 e. The number of furan rings is 1. The number of fused-ring (bicyclic) bond motifs is 1. The molecule has 0 radical (unpaired) electrons. The number of hydrogen-bond donors (Lipinski definition) is 1. The summed E-state index contributed by atoms with van der Waals surface area (Å²) < 4.78 is 11.8.